The van der Waals surface area contributed by atoms with Gasteiger partial charge in [0.2, 0.25) is 0 Å². The van der Waals surface area contributed by atoms with E-state index < -0.39 is 5.41 Å². The summed E-state index contributed by atoms with van der Waals surface area (Å²) >= 11 is 0. The maximum absolute atomic E-state index is 6.73. The Morgan fingerprint density at radius 3 is 1.84 bits per heavy atom. The molecule has 0 bridgehead atoms. The second-order valence-corrected chi connectivity index (χ2v) is 15.6. The van der Waals surface area contributed by atoms with Crippen molar-refractivity contribution >= 4 is 27.8 Å². The predicted octanol–water partition coefficient (Wildman–Crippen LogP) is 14.6. The summed E-state index contributed by atoms with van der Waals surface area (Å²) in [6, 6.07) is 73.5. The molecule has 12 rings (SSSR count). The van der Waals surface area contributed by atoms with E-state index in [-0.39, 0.29) is 0 Å². The van der Waals surface area contributed by atoms with Crippen LogP contribution in [-0.2, 0) is 5.41 Å². The number of fused-ring (bicyclic) bond motifs is 13. The number of anilines is 3. The molecule has 1 spiro atoms. The smallest absolute Gasteiger partial charge is 0.132 e. The van der Waals surface area contributed by atoms with E-state index in [9.17, 15) is 0 Å². The highest BCUT2D eigenvalue weighted by atomic mass is 16.5. The van der Waals surface area contributed by atoms with E-state index in [2.05, 4.69) is 212 Å². The van der Waals surface area contributed by atoms with Gasteiger partial charge < -0.3 is 9.64 Å². The summed E-state index contributed by atoms with van der Waals surface area (Å²) in [7, 11) is 0. The van der Waals surface area contributed by atoms with Gasteiger partial charge in [-0.15, -0.1) is 0 Å². The van der Waals surface area contributed by atoms with Gasteiger partial charge in [0.05, 0.1) is 5.41 Å². The van der Waals surface area contributed by atoms with Crippen molar-refractivity contribution in [1.82, 2.24) is 0 Å². The summed E-state index contributed by atoms with van der Waals surface area (Å²) in [4.78, 5) is 2.38. The molecular formula is C55H37NO. The maximum Gasteiger partial charge on any atom is 0.132 e. The van der Waals surface area contributed by atoms with Crippen molar-refractivity contribution in [2.45, 2.75) is 18.3 Å². The average molecular weight is 728 g/mol. The maximum atomic E-state index is 6.73. The van der Waals surface area contributed by atoms with Gasteiger partial charge in [-0.05, 0) is 127 Å². The van der Waals surface area contributed by atoms with E-state index in [0.29, 0.717) is 5.92 Å². The fraction of sp³-hybridized carbons (Fsp3) is 0.0545. The fourth-order valence-corrected chi connectivity index (χ4v) is 10.2. The minimum atomic E-state index is -0.507. The third-order valence-corrected chi connectivity index (χ3v) is 12.8. The number of ether oxygens (including phenoxy) is 1. The topological polar surface area (TPSA) is 12.5 Å². The molecule has 268 valence electrons. The zero-order valence-electron chi connectivity index (χ0n) is 31.5. The van der Waals surface area contributed by atoms with Crippen LogP contribution >= 0.6 is 0 Å². The summed E-state index contributed by atoms with van der Waals surface area (Å²) in [5.74, 6) is 2.18. The largest absolute Gasteiger partial charge is 0.457 e. The van der Waals surface area contributed by atoms with Crippen molar-refractivity contribution in [3.05, 3.63) is 234 Å². The number of benzene rings is 9. The van der Waals surface area contributed by atoms with Gasteiger partial charge in [-0.3, -0.25) is 0 Å². The Labute approximate surface area is 332 Å². The number of para-hydroxylation sites is 2. The molecule has 57 heavy (non-hydrogen) atoms. The van der Waals surface area contributed by atoms with E-state index in [0.717, 1.165) is 28.6 Å². The molecule has 1 heterocycles. The number of hydrogen-bond acceptors (Lipinski definition) is 2. The van der Waals surface area contributed by atoms with Crippen LogP contribution in [0.25, 0.3) is 44.2 Å². The van der Waals surface area contributed by atoms with E-state index in [1.165, 1.54) is 77.5 Å². The van der Waals surface area contributed by atoms with Gasteiger partial charge in [-0.1, -0.05) is 146 Å². The van der Waals surface area contributed by atoms with Gasteiger partial charge in [-0.2, -0.15) is 0 Å². The summed E-state index contributed by atoms with van der Waals surface area (Å²) in [6.45, 7) is 2.33. The van der Waals surface area contributed by atoms with Gasteiger partial charge in [0, 0.05) is 34.1 Å². The fourth-order valence-electron chi connectivity index (χ4n) is 10.2. The third kappa shape index (κ3) is 4.59. The molecule has 0 amide bonds. The molecule has 3 aliphatic rings. The normalized spacial score (nSPS) is 16.5. The molecule has 1 aliphatic heterocycles. The standard InChI is InChI=1S/C55H37NO/c1-35-43-17-7-8-18-44(43)45-29-28-42(34-47(35)45)56(40-15-3-2-4-16-40)41-26-23-36(24-27-41)39-25-30-50-48(31-39)46-19-9-10-20-49(46)55(50)51-21-11-12-22-53(51)57-54-33-38-14-6-5-13-37(38)32-52(54)55/h2-35H,1H3. The van der Waals surface area contributed by atoms with Crippen LogP contribution < -0.4 is 9.64 Å². The predicted molar refractivity (Wildman–Crippen MR) is 234 cm³/mol. The molecule has 2 heteroatoms. The van der Waals surface area contributed by atoms with Crippen LogP contribution in [0.3, 0.4) is 0 Å². The zero-order chi connectivity index (χ0) is 37.7. The molecule has 2 atom stereocenters. The molecule has 0 fully saturated rings. The highest BCUT2D eigenvalue weighted by Crippen LogP contribution is 2.62. The van der Waals surface area contributed by atoms with Gasteiger partial charge in [-0.25, -0.2) is 0 Å². The van der Waals surface area contributed by atoms with Crippen molar-refractivity contribution < 1.29 is 4.74 Å². The summed E-state index contributed by atoms with van der Waals surface area (Å²) in [5.41, 5.74) is 18.3. The summed E-state index contributed by atoms with van der Waals surface area (Å²) in [5, 5.41) is 2.39. The van der Waals surface area contributed by atoms with Gasteiger partial charge in [0.1, 0.15) is 11.5 Å². The zero-order valence-corrected chi connectivity index (χ0v) is 31.5. The Morgan fingerprint density at radius 2 is 1.00 bits per heavy atom. The monoisotopic (exact) mass is 727 g/mol. The van der Waals surface area contributed by atoms with Crippen molar-refractivity contribution in [1.29, 1.82) is 0 Å². The lowest BCUT2D eigenvalue weighted by atomic mass is 9.65. The minimum Gasteiger partial charge on any atom is -0.457 e. The number of nitrogens with zero attached hydrogens (tertiary/aromatic N) is 1. The summed E-state index contributed by atoms with van der Waals surface area (Å²) in [6.07, 6.45) is 0. The minimum absolute atomic E-state index is 0.350. The van der Waals surface area contributed by atoms with Crippen molar-refractivity contribution in [3.8, 4) is 44.9 Å². The van der Waals surface area contributed by atoms with Crippen LogP contribution in [0, 0.1) is 0 Å². The van der Waals surface area contributed by atoms with Crippen LogP contribution in [0.1, 0.15) is 46.2 Å². The molecule has 0 radical (unpaired) electrons. The first-order valence-electron chi connectivity index (χ1n) is 19.9. The molecule has 0 aromatic heterocycles. The lowest BCUT2D eigenvalue weighted by Gasteiger charge is -2.39. The average Bonchev–Trinajstić information content (AvgIpc) is 3.72. The molecule has 2 unspecified atom stereocenters. The second-order valence-electron chi connectivity index (χ2n) is 15.6. The van der Waals surface area contributed by atoms with E-state index in [1.807, 2.05) is 0 Å². The Balaban J connectivity index is 0.980. The Hall–Kier alpha value is -7.16. The molecule has 2 nitrogen and oxygen atoms in total. The van der Waals surface area contributed by atoms with E-state index in [1.54, 1.807) is 0 Å². The van der Waals surface area contributed by atoms with Gasteiger partial charge >= 0.3 is 0 Å². The first kappa shape index (κ1) is 32.1. The number of hydrogen-bond donors (Lipinski definition) is 0. The van der Waals surface area contributed by atoms with Gasteiger partial charge in [0.15, 0.2) is 0 Å². The highest BCUT2D eigenvalue weighted by molar-refractivity contribution is 5.94. The Morgan fingerprint density at radius 1 is 0.386 bits per heavy atom. The molecular weight excluding hydrogens is 691 g/mol. The molecule has 9 aromatic carbocycles. The van der Waals surface area contributed by atoms with Crippen LogP contribution in [0.15, 0.2) is 200 Å². The first-order valence-corrected chi connectivity index (χ1v) is 19.9. The Bertz CT molecular complexity index is 3070. The quantitative estimate of drug-likeness (QED) is 0.179. The van der Waals surface area contributed by atoms with E-state index in [4.69, 9.17) is 4.74 Å². The summed E-state index contributed by atoms with van der Waals surface area (Å²) < 4.78 is 6.73. The van der Waals surface area contributed by atoms with Crippen LogP contribution in [0.5, 0.6) is 11.5 Å². The SMILES string of the molecule is CC1c2ccccc2-c2ccc(N(c3ccccc3)c3ccc(-c4ccc5c(c4)-c4ccccc4C54c5ccccc5Oc5cc6ccccc6cc54)cc3)cc21. The third-order valence-electron chi connectivity index (χ3n) is 12.8. The molecule has 0 saturated heterocycles. The molecule has 0 saturated carbocycles. The molecule has 2 aliphatic carbocycles. The van der Waals surface area contributed by atoms with Crippen molar-refractivity contribution in [3.63, 3.8) is 0 Å². The van der Waals surface area contributed by atoms with Crippen LogP contribution in [-0.4, -0.2) is 0 Å². The lowest BCUT2D eigenvalue weighted by molar-refractivity contribution is 0.437. The van der Waals surface area contributed by atoms with Crippen LogP contribution in [0.4, 0.5) is 17.1 Å². The first-order chi connectivity index (χ1) is 28.2. The molecule has 9 aromatic rings. The molecule has 0 N–H and O–H groups in total. The highest BCUT2D eigenvalue weighted by Gasteiger charge is 2.51. The van der Waals surface area contributed by atoms with Crippen molar-refractivity contribution in [2.24, 2.45) is 0 Å². The van der Waals surface area contributed by atoms with Gasteiger partial charge in [0.25, 0.3) is 0 Å². The Kier molecular flexibility index (Phi) is 6.86. The second kappa shape index (κ2) is 12.2. The number of rotatable bonds is 4. The van der Waals surface area contributed by atoms with E-state index >= 15 is 0 Å². The van der Waals surface area contributed by atoms with Crippen LogP contribution in [0.2, 0.25) is 0 Å². The van der Waals surface area contributed by atoms with Crippen molar-refractivity contribution in [2.75, 3.05) is 4.90 Å². The lowest BCUT2D eigenvalue weighted by Crippen LogP contribution is -2.32.